The van der Waals surface area contributed by atoms with Crippen molar-refractivity contribution in [2.45, 2.75) is 75.4 Å². The molecule has 0 spiro atoms. The standard InChI is InChI=1S/C21H30N4OS2/c1-27-21-23-18(25-12-8-5-9-13-25)16-14-17(28-20(16)24-21)19(26)22-15-10-6-3-2-4-7-11-15/h14-15H,2-13H2,1H3,(H,22,26). The number of anilines is 1. The molecule has 2 fully saturated rings. The number of thioether (sulfide) groups is 1. The van der Waals surface area contributed by atoms with Crippen LogP contribution in [0, 0.1) is 0 Å². The largest absolute Gasteiger partial charge is 0.356 e. The highest BCUT2D eigenvalue weighted by atomic mass is 32.2. The zero-order chi connectivity index (χ0) is 19.3. The van der Waals surface area contributed by atoms with Crippen molar-refractivity contribution in [3.05, 3.63) is 10.9 Å². The van der Waals surface area contributed by atoms with Gasteiger partial charge in [0.2, 0.25) is 0 Å². The zero-order valence-corrected chi connectivity index (χ0v) is 18.3. The van der Waals surface area contributed by atoms with E-state index < -0.39 is 0 Å². The number of nitrogens with one attached hydrogen (secondary N) is 1. The molecule has 1 aliphatic carbocycles. The SMILES string of the molecule is CSc1nc(N2CCCCC2)c2cc(C(=O)NC3CCCCCCC3)sc2n1. The minimum atomic E-state index is 0.0591. The molecular weight excluding hydrogens is 388 g/mol. The molecule has 1 aliphatic heterocycles. The van der Waals surface area contributed by atoms with E-state index in [-0.39, 0.29) is 5.91 Å². The van der Waals surface area contributed by atoms with Gasteiger partial charge >= 0.3 is 0 Å². The van der Waals surface area contributed by atoms with Crippen LogP contribution in [0.2, 0.25) is 0 Å². The predicted molar refractivity (Wildman–Crippen MR) is 119 cm³/mol. The van der Waals surface area contributed by atoms with Gasteiger partial charge < -0.3 is 10.2 Å². The summed E-state index contributed by atoms with van der Waals surface area (Å²) < 4.78 is 0. The summed E-state index contributed by atoms with van der Waals surface area (Å²) in [5, 5.41) is 5.12. The van der Waals surface area contributed by atoms with Crippen molar-refractivity contribution in [3.63, 3.8) is 0 Å². The number of amides is 1. The molecule has 2 aliphatic rings. The Balaban J connectivity index is 1.58. The Kier molecular flexibility index (Phi) is 6.73. The third-order valence-electron chi connectivity index (χ3n) is 5.85. The lowest BCUT2D eigenvalue weighted by Crippen LogP contribution is -2.34. The number of carbonyl (C=O) groups is 1. The Bertz CT molecular complexity index is 808. The van der Waals surface area contributed by atoms with Gasteiger partial charge in [0.15, 0.2) is 5.16 Å². The smallest absolute Gasteiger partial charge is 0.261 e. The van der Waals surface area contributed by atoms with Crippen LogP contribution in [0.4, 0.5) is 5.82 Å². The van der Waals surface area contributed by atoms with Crippen molar-refractivity contribution in [2.75, 3.05) is 24.2 Å². The number of nitrogens with zero attached hydrogens (tertiary/aromatic N) is 3. The van der Waals surface area contributed by atoms with E-state index in [9.17, 15) is 4.79 Å². The quantitative estimate of drug-likeness (QED) is 0.543. The van der Waals surface area contributed by atoms with Crippen LogP contribution in [-0.2, 0) is 0 Å². The second-order valence-electron chi connectivity index (χ2n) is 7.93. The molecule has 0 radical (unpaired) electrons. The van der Waals surface area contributed by atoms with E-state index >= 15 is 0 Å². The van der Waals surface area contributed by atoms with Crippen LogP contribution in [0.1, 0.15) is 73.9 Å². The van der Waals surface area contributed by atoms with Crippen LogP contribution in [0.25, 0.3) is 10.2 Å². The van der Waals surface area contributed by atoms with E-state index in [0.717, 1.165) is 52.0 Å². The molecule has 1 saturated carbocycles. The lowest BCUT2D eigenvalue weighted by atomic mass is 9.97. The monoisotopic (exact) mass is 418 g/mol. The summed E-state index contributed by atoms with van der Waals surface area (Å²) in [7, 11) is 0. The van der Waals surface area contributed by atoms with E-state index in [1.54, 1.807) is 11.8 Å². The average molecular weight is 419 g/mol. The summed E-state index contributed by atoms with van der Waals surface area (Å²) in [5.41, 5.74) is 0. The summed E-state index contributed by atoms with van der Waals surface area (Å²) in [5.74, 6) is 1.07. The third-order valence-corrected chi connectivity index (χ3v) is 7.43. The normalized spacial score (nSPS) is 19.4. The summed E-state index contributed by atoms with van der Waals surface area (Å²) >= 11 is 3.08. The topological polar surface area (TPSA) is 58.1 Å². The molecule has 1 amide bonds. The van der Waals surface area contributed by atoms with Crippen molar-refractivity contribution in [1.82, 2.24) is 15.3 Å². The molecule has 4 rings (SSSR count). The Morgan fingerprint density at radius 1 is 1.07 bits per heavy atom. The fourth-order valence-electron chi connectivity index (χ4n) is 4.29. The molecule has 0 atom stereocenters. The number of carbonyl (C=O) groups excluding carboxylic acids is 1. The van der Waals surface area contributed by atoms with Crippen LogP contribution < -0.4 is 10.2 Å². The van der Waals surface area contributed by atoms with Gasteiger partial charge in [-0.05, 0) is 44.4 Å². The Hall–Kier alpha value is -1.34. The van der Waals surface area contributed by atoms with Crippen LogP contribution in [0.5, 0.6) is 0 Å². The predicted octanol–water partition coefficient (Wildman–Crippen LogP) is 5.25. The molecule has 3 heterocycles. The number of hydrogen-bond acceptors (Lipinski definition) is 6. The molecule has 0 aromatic carbocycles. The third kappa shape index (κ3) is 4.62. The first kappa shape index (κ1) is 20.0. The van der Waals surface area contributed by atoms with Gasteiger partial charge in [0.1, 0.15) is 10.6 Å². The lowest BCUT2D eigenvalue weighted by Gasteiger charge is -2.28. The Morgan fingerprint density at radius 2 is 1.75 bits per heavy atom. The fourth-order valence-corrected chi connectivity index (χ4v) is 5.64. The van der Waals surface area contributed by atoms with Crippen LogP contribution in [0.3, 0.4) is 0 Å². The molecule has 2 aromatic rings. The first-order chi connectivity index (χ1) is 13.7. The molecule has 5 nitrogen and oxygen atoms in total. The second kappa shape index (κ2) is 9.44. The molecule has 2 aromatic heterocycles. The van der Waals surface area contributed by atoms with Crippen LogP contribution >= 0.6 is 23.1 Å². The maximum atomic E-state index is 13.0. The van der Waals surface area contributed by atoms with Gasteiger partial charge in [0.25, 0.3) is 5.91 Å². The summed E-state index contributed by atoms with van der Waals surface area (Å²) in [6.07, 6.45) is 14.3. The molecular formula is C21H30N4OS2. The number of hydrogen-bond donors (Lipinski definition) is 1. The van der Waals surface area contributed by atoms with E-state index in [0.29, 0.717) is 6.04 Å². The average Bonchev–Trinajstić information content (AvgIpc) is 3.14. The molecule has 7 heteroatoms. The van der Waals surface area contributed by atoms with Crippen molar-refractivity contribution < 1.29 is 4.79 Å². The first-order valence-corrected chi connectivity index (χ1v) is 12.7. The molecule has 1 saturated heterocycles. The number of thiophene rings is 1. The van der Waals surface area contributed by atoms with Crippen LogP contribution in [-0.4, -0.2) is 41.3 Å². The summed E-state index contributed by atoms with van der Waals surface area (Å²) in [6.45, 7) is 2.08. The van der Waals surface area contributed by atoms with Crippen molar-refractivity contribution >= 4 is 45.0 Å². The van der Waals surface area contributed by atoms with Crippen molar-refractivity contribution in [1.29, 1.82) is 0 Å². The minimum absolute atomic E-state index is 0.0591. The second-order valence-corrected chi connectivity index (χ2v) is 9.73. The van der Waals surface area contributed by atoms with Gasteiger partial charge in [-0.2, -0.15) is 0 Å². The first-order valence-electron chi connectivity index (χ1n) is 10.7. The van der Waals surface area contributed by atoms with Gasteiger partial charge in [-0.25, -0.2) is 9.97 Å². The van der Waals surface area contributed by atoms with E-state index in [2.05, 4.69) is 10.2 Å². The van der Waals surface area contributed by atoms with Crippen LogP contribution in [0.15, 0.2) is 11.2 Å². The van der Waals surface area contributed by atoms with Gasteiger partial charge in [-0.15, -0.1) is 11.3 Å². The van der Waals surface area contributed by atoms with Gasteiger partial charge in [0, 0.05) is 19.1 Å². The number of piperidine rings is 1. The molecule has 152 valence electrons. The van der Waals surface area contributed by atoms with Gasteiger partial charge in [0.05, 0.1) is 10.3 Å². The zero-order valence-electron chi connectivity index (χ0n) is 16.7. The lowest BCUT2D eigenvalue weighted by molar-refractivity contribution is 0.0934. The minimum Gasteiger partial charge on any atom is -0.356 e. The molecule has 0 bridgehead atoms. The Labute approximate surface area is 175 Å². The van der Waals surface area contributed by atoms with Crippen molar-refractivity contribution in [3.8, 4) is 0 Å². The van der Waals surface area contributed by atoms with E-state index in [1.165, 1.54) is 62.7 Å². The Morgan fingerprint density at radius 3 is 2.46 bits per heavy atom. The number of rotatable bonds is 4. The van der Waals surface area contributed by atoms with Crippen molar-refractivity contribution in [2.24, 2.45) is 0 Å². The van der Waals surface area contributed by atoms with E-state index in [4.69, 9.17) is 9.97 Å². The summed E-state index contributed by atoms with van der Waals surface area (Å²) in [6, 6.07) is 2.33. The number of aromatic nitrogens is 2. The summed E-state index contributed by atoms with van der Waals surface area (Å²) in [4.78, 5) is 26.5. The highest BCUT2D eigenvalue weighted by molar-refractivity contribution is 7.98. The molecule has 1 N–H and O–H groups in total. The fraction of sp³-hybridized carbons (Fsp3) is 0.667. The maximum absolute atomic E-state index is 13.0. The highest BCUT2D eigenvalue weighted by Gasteiger charge is 2.22. The van der Waals surface area contributed by atoms with E-state index in [1.807, 2.05) is 12.3 Å². The molecule has 0 unspecified atom stereocenters. The van der Waals surface area contributed by atoms with Gasteiger partial charge in [-0.1, -0.05) is 43.9 Å². The number of fused-ring (bicyclic) bond motifs is 1. The van der Waals surface area contributed by atoms with Gasteiger partial charge in [-0.3, -0.25) is 4.79 Å². The maximum Gasteiger partial charge on any atom is 0.261 e. The highest BCUT2D eigenvalue weighted by Crippen LogP contribution is 2.34. The molecule has 28 heavy (non-hydrogen) atoms.